The molecule has 3 aromatic heterocycles. The van der Waals surface area contributed by atoms with E-state index >= 15 is 0 Å². The minimum atomic E-state index is -4.64. The SMILES string of the molecule is Fc1ccc(-n2ncc3c(-c4cncnc4C(F)(F)F)ccnc32)cc1Cl. The van der Waals surface area contributed by atoms with Crippen LogP contribution in [-0.2, 0) is 6.18 Å². The fourth-order valence-electron chi connectivity index (χ4n) is 2.72. The van der Waals surface area contributed by atoms with Gasteiger partial charge in [-0.05, 0) is 29.8 Å². The van der Waals surface area contributed by atoms with Crippen LogP contribution in [-0.4, -0.2) is 24.7 Å². The normalized spacial score (nSPS) is 11.9. The quantitative estimate of drug-likeness (QED) is 0.464. The number of hydrogen-bond acceptors (Lipinski definition) is 4. The van der Waals surface area contributed by atoms with Crippen molar-refractivity contribution in [2.45, 2.75) is 6.18 Å². The van der Waals surface area contributed by atoms with E-state index in [1.165, 1.54) is 41.3 Å². The molecule has 0 saturated carbocycles. The number of fused-ring (bicyclic) bond motifs is 1. The molecular formula is C17H8ClF4N5. The van der Waals surface area contributed by atoms with Crippen LogP contribution in [0.1, 0.15) is 5.69 Å². The standard InChI is InChI=1S/C17H8ClF4N5/c18-13-5-9(1-2-14(13)19)27-16-12(7-26-27)10(3-4-24-16)11-6-23-8-25-15(11)17(20,21)22/h1-8H. The summed E-state index contributed by atoms with van der Waals surface area (Å²) in [5.41, 5.74) is -0.308. The van der Waals surface area contributed by atoms with Crippen molar-refractivity contribution in [2.24, 2.45) is 0 Å². The highest BCUT2D eigenvalue weighted by Crippen LogP contribution is 2.37. The van der Waals surface area contributed by atoms with Crippen LogP contribution in [0.2, 0.25) is 5.02 Å². The lowest BCUT2D eigenvalue weighted by atomic mass is 10.0. The Morgan fingerprint density at radius 1 is 1.00 bits per heavy atom. The van der Waals surface area contributed by atoms with Gasteiger partial charge in [-0.25, -0.2) is 24.0 Å². The topological polar surface area (TPSA) is 56.5 Å². The molecule has 3 heterocycles. The number of pyridine rings is 1. The maximum Gasteiger partial charge on any atom is 0.434 e. The van der Waals surface area contributed by atoms with Crippen molar-refractivity contribution < 1.29 is 17.6 Å². The van der Waals surface area contributed by atoms with Gasteiger partial charge in [-0.2, -0.15) is 18.3 Å². The maximum absolute atomic E-state index is 13.4. The van der Waals surface area contributed by atoms with E-state index < -0.39 is 17.7 Å². The highest BCUT2D eigenvalue weighted by atomic mass is 35.5. The third kappa shape index (κ3) is 2.99. The third-order valence-corrected chi connectivity index (χ3v) is 4.18. The Morgan fingerprint density at radius 2 is 1.81 bits per heavy atom. The lowest BCUT2D eigenvalue weighted by molar-refractivity contribution is -0.140. The van der Waals surface area contributed by atoms with Gasteiger partial charge in [0.2, 0.25) is 0 Å². The van der Waals surface area contributed by atoms with Crippen LogP contribution in [0.5, 0.6) is 0 Å². The van der Waals surface area contributed by atoms with Crippen molar-refractivity contribution >= 4 is 22.6 Å². The number of rotatable bonds is 2. The molecule has 0 fully saturated rings. The summed E-state index contributed by atoms with van der Waals surface area (Å²) in [5, 5.41) is 4.42. The molecule has 0 spiro atoms. The van der Waals surface area contributed by atoms with E-state index in [9.17, 15) is 17.6 Å². The molecular weight excluding hydrogens is 386 g/mol. The zero-order chi connectivity index (χ0) is 19.2. The second kappa shape index (κ2) is 6.27. The molecule has 0 atom stereocenters. The number of benzene rings is 1. The van der Waals surface area contributed by atoms with Crippen molar-refractivity contribution in [3.8, 4) is 16.8 Å². The van der Waals surface area contributed by atoms with Crippen LogP contribution in [0.3, 0.4) is 0 Å². The smallest absolute Gasteiger partial charge is 0.244 e. The van der Waals surface area contributed by atoms with Crippen molar-refractivity contribution in [1.29, 1.82) is 0 Å². The summed E-state index contributed by atoms with van der Waals surface area (Å²) in [6, 6.07) is 5.39. The van der Waals surface area contributed by atoms with Crippen LogP contribution in [0.15, 0.2) is 49.2 Å². The lowest BCUT2D eigenvalue weighted by Gasteiger charge is -2.11. The van der Waals surface area contributed by atoms with Gasteiger partial charge in [-0.1, -0.05) is 11.6 Å². The average molecular weight is 394 g/mol. The van der Waals surface area contributed by atoms with Crippen LogP contribution >= 0.6 is 11.6 Å². The van der Waals surface area contributed by atoms with E-state index in [4.69, 9.17) is 11.6 Å². The Labute approximate surface area is 154 Å². The highest BCUT2D eigenvalue weighted by molar-refractivity contribution is 6.30. The molecule has 27 heavy (non-hydrogen) atoms. The Kier molecular flexibility index (Phi) is 4.03. The third-order valence-electron chi connectivity index (χ3n) is 3.89. The summed E-state index contributed by atoms with van der Waals surface area (Å²) in [6.07, 6.45) is 0.0237. The molecule has 4 rings (SSSR count). The van der Waals surface area contributed by atoms with Gasteiger partial charge in [-0.15, -0.1) is 0 Å². The minimum Gasteiger partial charge on any atom is -0.244 e. The Hall–Kier alpha value is -3.07. The summed E-state index contributed by atoms with van der Waals surface area (Å²) in [7, 11) is 0. The van der Waals surface area contributed by atoms with Crippen LogP contribution in [0, 0.1) is 5.82 Å². The molecule has 0 unspecified atom stereocenters. The van der Waals surface area contributed by atoms with E-state index in [1.807, 2.05) is 0 Å². The van der Waals surface area contributed by atoms with Gasteiger partial charge >= 0.3 is 6.18 Å². The molecule has 136 valence electrons. The molecule has 0 saturated heterocycles. The van der Waals surface area contributed by atoms with E-state index in [2.05, 4.69) is 20.1 Å². The van der Waals surface area contributed by atoms with Gasteiger partial charge in [0.05, 0.1) is 16.9 Å². The van der Waals surface area contributed by atoms with E-state index in [0.29, 0.717) is 11.1 Å². The average Bonchev–Trinajstić information content (AvgIpc) is 3.07. The van der Waals surface area contributed by atoms with Gasteiger partial charge < -0.3 is 0 Å². The summed E-state index contributed by atoms with van der Waals surface area (Å²) in [5.74, 6) is -0.596. The van der Waals surface area contributed by atoms with Crippen molar-refractivity contribution in [2.75, 3.05) is 0 Å². The molecule has 0 aliphatic carbocycles. The van der Waals surface area contributed by atoms with Gasteiger partial charge in [0.15, 0.2) is 11.3 Å². The zero-order valence-corrected chi connectivity index (χ0v) is 14.0. The predicted octanol–water partition coefficient (Wildman–Crippen LogP) is 4.69. The first kappa shape index (κ1) is 17.3. The van der Waals surface area contributed by atoms with Crippen LogP contribution in [0.4, 0.5) is 17.6 Å². The fraction of sp³-hybridized carbons (Fsp3) is 0.0588. The molecule has 0 radical (unpaired) electrons. The van der Waals surface area contributed by atoms with Crippen molar-refractivity contribution in [3.63, 3.8) is 0 Å². The second-order valence-corrected chi connectivity index (χ2v) is 5.94. The first-order valence-electron chi connectivity index (χ1n) is 7.52. The summed E-state index contributed by atoms with van der Waals surface area (Å²) < 4.78 is 54.7. The molecule has 10 heteroatoms. The molecule has 0 bridgehead atoms. The van der Waals surface area contributed by atoms with Gasteiger partial charge in [0, 0.05) is 23.3 Å². The van der Waals surface area contributed by atoms with E-state index in [1.54, 1.807) is 0 Å². The molecule has 5 nitrogen and oxygen atoms in total. The van der Waals surface area contributed by atoms with Crippen LogP contribution < -0.4 is 0 Å². The minimum absolute atomic E-state index is 0.108. The summed E-state index contributed by atoms with van der Waals surface area (Å²) in [4.78, 5) is 11.3. The maximum atomic E-state index is 13.4. The molecule has 0 aliphatic rings. The Bertz CT molecular complexity index is 1160. The monoisotopic (exact) mass is 393 g/mol. The largest absolute Gasteiger partial charge is 0.434 e. The number of alkyl halides is 3. The highest BCUT2D eigenvalue weighted by Gasteiger charge is 2.36. The second-order valence-electron chi connectivity index (χ2n) is 5.53. The number of aromatic nitrogens is 5. The molecule has 0 N–H and O–H groups in total. The first-order valence-corrected chi connectivity index (χ1v) is 7.90. The van der Waals surface area contributed by atoms with Crippen molar-refractivity contribution in [3.05, 3.63) is 65.7 Å². The molecule has 0 amide bonds. The van der Waals surface area contributed by atoms with E-state index in [-0.39, 0.29) is 21.8 Å². The number of nitrogens with zero attached hydrogens (tertiary/aromatic N) is 5. The lowest BCUT2D eigenvalue weighted by Crippen LogP contribution is -2.10. The molecule has 1 aromatic carbocycles. The van der Waals surface area contributed by atoms with Gasteiger partial charge in [-0.3, -0.25) is 0 Å². The summed E-state index contributed by atoms with van der Waals surface area (Å²) in [6.45, 7) is 0. The first-order chi connectivity index (χ1) is 12.9. The van der Waals surface area contributed by atoms with Gasteiger partial charge in [0.1, 0.15) is 12.1 Å². The van der Waals surface area contributed by atoms with Gasteiger partial charge in [0.25, 0.3) is 0 Å². The zero-order valence-electron chi connectivity index (χ0n) is 13.2. The Balaban J connectivity index is 1.94. The number of hydrogen-bond donors (Lipinski definition) is 0. The molecule has 0 aliphatic heterocycles. The fourth-order valence-corrected chi connectivity index (χ4v) is 2.90. The predicted molar refractivity (Wildman–Crippen MR) is 89.9 cm³/mol. The summed E-state index contributed by atoms with van der Waals surface area (Å²) >= 11 is 5.80. The van der Waals surface area contributed by atoms with E-state index in [0.717, 1.165) is 12.5 Å². The number of halogens is 5. The van der Waals surface area contributed by atoms with Crippen LogP contribution in [0.25, 0.3) is 27.8 Å². The van der Waals surface area contributed by atoms with Crippen molar-refractivity contribution in [1.82, 2.24) is 24.7 Å². The molecule has 4 aromatic rings. The Morgan fingerprint density at radius 3 is 2.56 bits per heavy atom.